The molecule has 1 aromatic rings. The lowest BCUT2D eigenvalue weighted by Crippen LogP contribution is -2.48. The number of carbonyl (C=O) groups excluding carboxylic acids is 1. The molecule has 0 aliphatic heterocycles. The molecule has 1 saturated carbocycles. The van der Waals surface area contributed by atoms with E-state index in [0.29, 0.717) is 5.56 Å². The molecule has 1 aliphatic carbocycles. The minimum absolute atomic E-state index is 0.0952. The SMILES string of the molecule is NCC#Cc1ccc(C(=O)NC2(C(F)(F)F)CC2)c(F)c1. The Balaban J connectivity index is 2.17. The van der Waals surface area contributed by atoms with Gasteiger partial charge in [0.2, 0.25) is 0 Å². The van der Waals surface area contributed by atoms with E-state index in [1.807, 2.05) is 5.32 Å². The maximum Gasteiger partial charge on any atom is 0.411 e. The number of nitrogens with two attached hydrogens (primary N) is 1. The largest absolute Gasteiger partial charge is 0.411 e. The van der Waals surface area contributed by atoms with Crippen LogP contribution in [0.4, 0.5) is 17.6 Å². The summed E-state index contributed by atoms with van der Waals surface area (Å²) in [5.41, 5.74) is 2.81. The zero-order valence-corrected chi connectivity index (χ0v) is 10.9. The van der Waals surface area contributed by atoms with Crippen LogP contribution in [-0.4, -0.2) is 24.2 Å². The minimum Gasteiger partial charge on any atom is -0.338 e. The van der Waals surface area contributed by atoms with Gasteiger partial charge in [-0.05, 0) is 31.0 Å². The van der Waals surface area contributed by atoms with E-state index in [2.05, 4.69) is 11.8 Å². The van der Waals surface area contributed by atoms with Gasteiger partial charge in [0.1, 0.15) is 11.4 Å². The fourth-order valence-corrected chi connectivity index (χ4v) is 1.82. The minimum atomic E-state index is -4.54. The molecular formula is C14H12F4N2O. The van der Waals surface area contributed by atoms with E-state index in [1.165, 1.54) is 6.07 Å². The molecule has 0 radical (unpaired) electrons. The molecule has 2 rings (SSSR count). The van der Waals surface area contributed by atoms with Gasteiger partial charge in [-0.3, -0.25) is 4.79 Å². The van der Waals surface area contributed by atoms with Crippen molar-refractivity contribution < 1.29 is 22.4 Å². The summed E-state index contributed by atoms with van der Waals surface area (Å²) < 4.78 is 52.0. The first-order chi connectivity index (χ1) is 9.79. The zero-order valence-electron chi connectivity index (χ0n) is 10.9. The third-order valence-electron chi connectivity index (χ3n) is 3.19. The van der Waals surface area contributed by atoms with Crippen LogP contribution in [0.25, 0.3) is 0 Å². The van der Waals surface area contributed by atoms with E-state index in [1.54, 1.807) is 0 Å². The van der Waals surface area contributed by atoms with Gasteiger partial charge in [0.05, 0.1) is 12.1 Å². The highest BCUT2D eigenvalue weighted by Gasteiger charge is 2.64. The number of carbonyl (C=O) groups is 1. The lowest BCUT2D eigenvalue weighted by molar-refractivity contribution is -0.163. The quantitative estimate of drug-likeness (QED) is 0.648. The summed E-state index contributed by atoms with van der Waals surface area (Å²) in [5.74, 6) is 3.08. The van der Waals surface area contributed by atoms with E-state index < -0.39 is 29.0 Å². The molecule has 1 aliphatic rings. The molecular weight excluding hydrogens is 288 g/mol. The van der Waals surface area contributed by atoms with Crippen LogP contribution in [0.2, 0.25) is 0 Å². The van der Waals surface area contributed by atoms with Gasteiger partial charge < -0.3 is 11.1 Å². The number of benzene rings is 1. The van der Waals surface area contributed by atoms with Gasteiger partial charge >= 0.3 is 6.18 Å². The summed E-state index contributed by atoms with van der Waals surface area (Å²) in [4.78, 5) is 11.8. The zero-order chi connectivity index (χ0) is 15.7. The van der Waals surface area contributed by atoms with Gasteiger partial charge in [0.15, 0.2) is 0 Å². The molecule has 21 heavy (non-hydrogen) atoms. The maximum atomic E-state index is 13.8. The van der Waals surface area contributed by atoms with Gasteiger partial charge in [-0.2, -0.15) is 13.2 Å². The Kier molecular flexibility index (Phi) is 3.92. The molecule has 7 heteroatoms. The Hall–Kier alpha value is -2.07. The van der Waals surface area contributed by atoms with Crippen molar-refractivity contribution in [1.82, 2.24) is 5.32 Å². The first-order valence-corrected chi connectivity index (χ1v) is 6.17. The monoisotopic (exact) mass is 300 g/mol. The smallest absolute Gasteiger partial charge is 0.338 e. The first-order valence-electron chi connectivity index (χ1n) is 6.17. The van der Waals surface area contributed by atoms with Crippen molar-refractivity contribution in [3.63, 3.8) is 0 Å². The summed E-state index contributed by atoms with van der Waals surface area (Å²) in [6.07, 6.45) is -4.92. The Labute approximate surface area is 118 Å². The number of nitrogens with one attached hydrogen (secondary N) is 1. The predicted molar refractivity (Wildman–Crippen MR) is 67.8 cm³/mol. The van der Waals surface area contributed by atoms with Crippen molar-refractivity contribution in [1.29, 1.82) is 0 Å². The average Bonchev–Trinajstić information content (AvgIpc) is 3.16. The van der Waals surface area contributed by atoms with Crippen LogP contribution in [-0.2, 0) is 0 Å². The Morgan fingerprint density at radius 3 is 2.52 bits per heavy atom. The lowest BCUT2D eigenvalue weighted by atomic mass is 10.1. The number of halogens is 4. The molecule has 1 fully saturated rings. The maximum absolute atomic E-state index is 13.8. The highest BCUT2D eigenvalue weighted by Crippen LogP contribution is 2.49. The number of amides is 1. The number of alkyl halides is 3. The third kappa shape index (κ3) is 3.16. The van der Waals surface area contributed by atoms with Crippen LogP contribution in [0, 0.1) is 17.7 Å². The van der Waals surface area contributed by atoms with Gasteiger partial charge in [0.25, 0.3) is 5.91 Å². The Morgan fingerprint density at radius 2 is 2.05 bits per heavy atom. The van der Waals surface area contributed by atoms with Crippen LogP contribution in [0.1, 0.15) is 28.8 Å². The molecule has 0 saturated heterocycles. The topological polar surface area (TPSA) is 55.1 Å². The number of hydrogen-bond acceptors (Lipinski definition) is 2. The summed E-state index contributed by atoms with van der Waals surface area (Å²) in [6.45, 7) is 0.0952. The second-order valence-electron chi connectivity index (χ2n) is 4.73. The van der Waals surface area contributed by atoms with Crippen molar-refractivity contribution in [2.75, 3.05) is 6.54 Å². The fourth-order valence-electron chi connectivity index (χ4n) is 1.82. The van der Waals surface area contributed by atoms with E-state index >= 15 is 0 Å². The van der Waals surface area contributed by atoms with Crippen molar-refractivity contribution in [2.45, 2.75) is 24.6 Å². The Bertz CT molecular complexity index is 624. The predicted octanol–water partition coefficient (Wildman–Crippen LogP) is 1.96. The summed E-state index contributed by atoms with van der Waals surface area (Å²) in [7, 11) is 0. The first kappa shape index (κ1) is 15.3. The van der Waals surface area contributed by atoms with E-state index in [9.17, 15) is 22.4 Å². The molecule has 0 spiro atoms. The van der Waals surface area contributed by atoms with Crippen molar-refractivity contribution in [3.8, 4) is 11.8 Å². The molecule has 0 atom stereocenters. The van der Waals surface area contributed by atoms with Crippen molar-refractivity contribution in [2.24, 2.45) is 5.73 Å². The molecule has 3 nitrogen and oxygen atoms in total. The van der Waals surface area contributed by atoms with E-state index in [-0.39, 0.29) is 19.4 Å². The molecule has 1 amide bonds. The van der Waals surface area contributed by atoms with Crippen LogP contribution < -0.4 is 11.1 Å². The normalized spacial score (nSPS) is 15.9. The molecule has 0 bridgehead atoms. The second-order valence-corrected chi connectivity index (χ2v) is 4.73. The molecule has 1 aromatic carbocycles. The Morgan fingerprint density at radius 1 is 1.38 bits per heavy atom. The molecule has 0 unspecified atom stereocenters. The molecule has 0 heterocycles. The second kappa shape index (κ2) is 5.37. The van der Waals surface area contributed by atoms with Crippen molar-refractivity contribution >= 4 is 5.91 Å². The van der Waals surface area contributed by atoms with Gasteiger partial charge in [0, 0.05) is 5.56 Å². The number of hydrogen-bond donors (Lipinski definition) is 2. The van der Waals surface area contributed by atoms with Gasteiger partial charge in [-0.15, -0.1) is 0 Å². The van der Waals surface area contributed by atoms with E-state index in [0.717, 1.165) is 12.1 Å². The lowest BCUT2D eigenvalue weighted by Gasteiger charge is -2.20. The van der Waals surface area contributed by atoms with Crippen molar-refractivity contribution in [3.05, 3.63) is 35.1 Å². The highest BCUT2D eigenvalue weighted by molar-refractivity contribution is 5.95. The average molecular weight is 300 g/mol. The molecule has 3 N–H and O–H groups in total. The van der Waals surface area contributed by atoms with E-state index in [4.69, 9.17) is 5.73 Å². The summed E-state index contributed by atoms with van der Waals surface area (Å²) in [6, 6.07) is 3.45. The summed E-state index contributed by atoms with van der Waals surface area (Å²) >= 11 is 0. The molecule has 0 aromatic heterocycles. The van der Waals surface area contributed by atoms with Gasteiger partial charge in [-0.1, -0.05) is 11.8 Å². The highest BCUT2D eigenvalue weighted by atomic mass is 19.4. The molecule has 112 valence electrons. The number of rotatable bonds is 2. The van der Waals surface area contributed by atoms with Crippen LogP contribution in [0.15, 0.2) is 18.2 Å². The van der Waals surface area contributed by atoms with Gasteiger partial charge in [-0.25, -0.2) is 4.39 Å². The van der Waals surface area contributed by atoms with Crippen LogP contribution in [0.3, 0.4) is 0 Å². The fraction of sp³-hybridized carbons (Fsp3) is 0.357. The standard InChI is InChI=1S/C14H12F4N2O/c15-11-8-9(2-1-7-19)3-4-10(11)12(21)20-13(5-6-13)14(16,17)18/h3-4,8H,5-7,19H2,(H,20,21). The summed E-state index contributed by atoms with van der Waals surface area (Å²) in [5, 5.41) is 1.87. The third-order valence-corrected chi connectivity index (χ3v) is 3.19. The van der Waals surface area contributed by atoms with Crippen LogP contribution in [0.5, 0.6) is 0 Å². The van der Waals surface area contributed by atoms with Crippen LogP contribution >= 0.6 is 0 Å².